The third-order valence-corrected chi connectivity index (χ3v) is 5.59. The van der Waals surface area contributed by atoms with Crippen LogP contribution in [0, 0.1) is 24.1 Å². The summed E-state index contributed by atoms with van der Waals surface area (Å²) in [6.07, 6.45) is 4.87. The van der Waals surface area contributed by atoms with E-state index in [9.17, 15) is 14.4 Å². The Bertz CT molecular complexity index is 1130. The predicted molar refractivity (Wildman–Crippen MR) is 112 cm³/mol. The van der Waals surface area contributed by atoms with Crippen LogP contribution in [0.3, 0.4) is 0 Å². The van der Waals surface area contributed by atoms with Gasteiger partial charge in [0, 0.05) is 23.2 Å². The predicted octanol–water partition coefficient (Wildman–Crippen LogP) is 4.67. The zero-order valence-electron chi connectivity index (χ0n) is 16.7. The molecule has 5 nitrogen and oxygen atoms in total. The van der Waals surface area contributed by atoms with Crippen molar-refractivity contribution in [2.24, 2.45) is 0 Å². The third-order valence-electron chi connectivity index (χ3n) is 5.59. The van der Waals surface area contributed by atoms with Gasteiger partial charge in [0.2, 0.25) is 0 Å². The number of para-hydroxylation sites is 1. The molecule has 0 bridgehead atoms. The van der Waals surface area contributed by atoms with Gasteiger partial charge in [0.25, 0.3) is 5.91 Å². The molecule has 0 aliphatic heterocycles. The first kappa shape index (κ1) is 19.8. The number of carbonyl (C=O) groups excluding carboxylic acids is 1. The molecule has 0 atom stereocenters. The molecular formula is C24H22FN3O2. The van der Waals surface area contributed by atoms with Gasteiger partial charge in [0.1, 0.15) is 17.6 Å². The van der Waals surface area contributed by atoms with Crippen LogP contribution in [0.2, 0.25) is 0 Å². The molecule has 30 heavy (non-hydrogen) atoms. The lowest BCUT2D eigenvalue weighted by Crippen LogP contribution is -2.39. The van der Waals surface area contributed by atoms with Gasteiger partial charge in [-0.25, -0.2) is 4.39 Å². The van der Waals surface area contributed by atoms with Crippen molar-refractivity contribution in [1.82, 2.24) is 10.3 Å². The van der Waals surface area contributed by atoms with E-state index in [0.717, 1.165) is 36.8 Å². The van der Waals surface area contributed by atoms with Gasteiger partial charge >= 0.3 is 0 Å². The Labute approximate surface area is 174 Å². The number of nitrogens with zero attached hydrogens (tertiary/aromatic N) is 2. The average molecular weight is 403 g/mol. The fourth-order valence-electron chi connectivity index (χ4n) is 3.85. The number of amides is 1. The second-order valence-corrected chi connectivity index (χ2v) is 7.65. The number of halogens is 1. The van der Waals surface area contributed by atoms with Crippen LogP contribution in [0.4, 0.5) is 4.39 Å². The summed E-state index contributed by atoms with van der Waals surface area (Å²) in [5, 5.41) is 13.1. The van der Waals surface area contributed by atoms with Crippen molar-refractivity contribution in [3.05, 3.63) is 71.2 Å². The topological polar surface area (TPSA) is 75.0 Å². The lowest BCUT2D eigenvalue weighted by atomic mass is 9.92. The normalized spacial score (nSPS) is 18.6. The molecule has 1 N–H and O–H groups in total. The first-order valence-electron chi connectivity index (χ1n) is 10.1. The van der Waals surface area contributed by atoms with Crippen molar-refractivity contribution < 1.29 is 13.9 Å². The standard InChI is InChI=1S/C24H22FN3O2/c1-15-5-6-16(13-21(15)25)24(29)28-18-7-9-19(10-8-18)30-22-11-12-27-23-17(14-26)3-2-4-20(22)23/h2-6,11-13,18-19H,7-10H2,1H3,(H,28,29)/t18-,19-. The van der Waals surface area contributed by atoms with Gasteiger partial charge < -0.3 is 10.1 Å². The second-order valence-electron chi connectivity index (χ2n) is 7.65. The van der Waals surface area contributed by atoms with Crippen molar-refractivity contribution in [1.29, 1.82) is 5.26 Å². The number of pyridine rings is 1. The Hall–Kier alpha value is -3.46. The lowest BCUT2D eigenvalue weighted by molar-refractivity contribution is 0.0894. The summed E-state index contributed by atoms with van der Waals surface area (Å²) in [7, 11) is 0. The van der Waals surface area contributed by atoms with Gasteiger partial charge in [0.15, 0.2) is 0 Å². The molecule has 2 aromatic carbocycles. The van der Waals surface area contributed by atoms with Crippen LogP contribution in [-0.2, 0) is 0 Å². The number of hydrogen-bond acceptors (Lipinski definition) is 4. The Morgan fingerprint density at radius 3 is 2.73 bits per heavy atom. The van der Waals surface area contributed by atoms with E-state index in [1.807, 2.05) is 18.2 Å². The van der Waals surface area contributed by atoms with Gasteiger partial charge in [-0.3, -0.25) is 9.78 Å². The Morgan fingerprint density at radius 1 is 1.20 bits per heavy atom. The van der Waals surface area contributed by atoms with Gasteiger partial charge in [-0.15, -0.1) is 0 Å². The maximum atomic E-state index is 13.7. The molecule has 1 aliphatic rings. The number of ether oxygens (including phenoxy) is 1. The van der Waals surface area contributed by atoms with E-state index in [-0.39, 0.29) is 23.9 Å². The number of nitriles is 1. The van der Waals surface area contributed by atoms with Crippen molar-refractivity contribution in [2.75, 3.05) is 0 Å². The number of hydrogen-bond donors (Lipinski definition) is 1. The van der Waals surface area contributed by atoms with Crippen molar-refractivity contribution >= 4 is 16.8 Å². The zero-order valence-corrected chi connectivity index (χ0v) is 16.7. The number of benzene rings is 2. The first-order valence-corrected chi connectivity index (χ1v) is 10.1. The van der Waals surface area contributed by atoms with Crippen LogP contribution in [-0.4, -0.2) is 23.0 Å². The highest BCUT2D eigenvalue weighted by Crippen LogP contribution is 2.30. The van der Waals surface area contributed by atoms with E-state index in [1.165, 1.54) is 6.07 Å². The monoisotopic (exact) mass is 403 g/mol. The largest absolute Gasteiger partial charge is 0.490 e. The van der Waals surface area contributed by atoms with Crippen molar-refractivity contribution in [3.63, 3.8) is 0 Å². The highest BCUT2D eigenvalue weighted by molar-refractivity contribution is 5.94. The highest BCUT2D eigenvalue weighted by atomic mass is 19.1. The maximum absolute atomic E-state index is 13.7. The van der Waals surface area contributed by atoms with Gasteiger partial charge in [-0.2, -0.15) is 5.26 Å². The summed E-state index contributed by atoms with van der Waals surface area (Å²) in [6.45, 7) is 1.67. The lowest BCUT2D eigenvalue weighted by Gasteiger charge is -2.30. The molecule has 0 spiro atoms. The Kier molecular flexibility index (Phi) is 5.62. The van der Waals surface area contributed by atoms with Crippen LogP contribution in [0.1, 0.15) is 47.2 Å². The fraction of sp³-hybridized carbons (Fsp3) is 0.292. The number of aryl methyl sites for hydroxylation is 1. The minimum Gasteiger partial charge on any atom is -0.490 e. The van der Waals surface area contributed by atoms with Crippen molar-refractivity contribution in [2.45, 2.75) is 44.8 Å². The van der Waals surface area contributed by atoms with Crippen LogP contribution < -0.4 is 10.1 Å². The van der Waals surface area contributed by atoms with Gasteiger partial charge in [0.05, 0.1) is 17.2 Å². The van der Waals surface area contributed by atoms with E-state index >= 15 is 0 Å². The van der Waals surface area contributed by atoms with Crippen molar-refractivity contribution in [3.8, 4) is 11.8 Å². The smallest absolute Gasteiger partial charge is 0.251 e. The first-order chi connectivity index (χ1) is 14.5. The van der Waals surface area contributed by atoms with Gasteiger partial charge in [-0.1, -0.05) is 12.1 Å². The zero-order chi connectivity index (χ0) is 21.1. The fourth-order valence-corrected chi connectivity index (χ4v) is 3.85. The number of rotatable bonds is 4. The minimum absolute atomic E-state index is 0.0336. The average Bonchev–Trinajstić information content (AvgIpc) is 2.76. The summed E-state index contributed by atoms with van der Waals surface area (Å²) >= 11 is 0. The maximum Gasteiger partial charge on any atom is 0.251 e. The molecule has 1 aromatic heterocycles. The summed E-state index contributed by atoms with van der Waals surface area (Å²) in [4.78, 5) is 16.7. The summed E-state index contributed by atoms with van der Waals surface area (Å²) in [6, 6.07) is 14.1. The van der Waals surface area contributed by atoms with Gasteiger partial charge in [-0.05, 0) is 68.5 Å². The molecule has 6 heteroatoms. The number of nitrogens with one attached hydrogen (secondary N) is 1. The Morgan fingerprint density at radius 2 is 2.00 bits per heavy atom. The molecule has 4 rings (SSSR count). The number of aromatic nitrogens is 1. The van der Waals surface area contributed by atoms with Crippen LogP contribution >= 0.6 is 0 Å². The second kappa shape index (κ2) is 8.50. The molecule has 0 unspecified atom stereocenters. The molecule has 0 saturated heterocycles. The third kappa shape index (κ3) is 4.11. The molecule has 1 amide bonds. The molecule has 152 valence electrons. The van der Waals surface area contributed by atoms with E-state index in [2.05, 4.69) is 16.4 Å². The molecule has 1 heterocycles. The molecular weight excluding hydrogens is 381 g/mol. The van der Waals surface area contributed by atoms with E-state index in [1.54, 1.807) is 31.3 Å². The summed E-state index contributed by atoms with van der Waals surface area (Å²) < 4.78 is 19.9. The van der Waals surface area contributed by atoms with E-state index < -0.39 is 0 Å². The SMILES string of the molecule is Cc1ccc(C(=O)N[C@H]2CC[C@H](Oc3ccnc4c(C#N)cccc34)CC2)cc1F. The van der Waals surface area contributed by atoms with Crippen LogP contribution in [0.25, 0.3) is 10.9 Å². The molecule has 3 aromatic rings. The number of carbonyl (C=O) groups is 1. The Balaban J connectivity index is 1.37. The molecule has 0 radical (unpaired) electrons. The molecule has 1 aliphatic carbocycles. The summed E-state index contributed by atoms with van der Waals surface area (Å²) in [5.41, 5.74) is 2.03. The minimum atomic E-state index is -0.371. The molecule has 1 saturated carbocycles. The van der Waals surface area contributed by atoms with E-state index in [0.29, 0.717) is 22.2 Å². The van der Waals surface area contributed by atoms with Crippen LogP contribution in [0.5, 0.6) is 5.75 Å². The van der Waals surface area contributed by atoms with Crippen LogP contribution in [0.15, 0.2) is 48.7 Å². The molecule has 1 fully saturated rings. The highest BCUT2D eigenvalue weighted by Gasteiger charge is 2.24. The quantitative estimate of drug-likeness (QED) is 0.687. The summed E-state index contributed by atoms with van der Waals surface area (Å²) in [5.74, 6) is 0.103. The number of fused-ring (bicyclic) bond motifs is 1. The van der Waals surface area contributed by atoms with E-state index in [4.69, 9.17) is 4.74 Å².